The van der Waals surface area contributed by atoms with Crippen molar-refractivity contribution >= 4 is 0 Å². The Morgan fingerprint density at radius 2 is 0.962 bits per heavy atom. The van der Waals surface area contributed by atoms with Crippen molar-refractivity contribution in [2.45, 2.75) is 102 Å². The summed E-state index contributed by atoms with van der Waals surface area (Å²) in [5.41, 5.74) is 0. The van der Waals surface area contributed by atoms with Crippen molar-refractivity contribution in [3.8, 4) is 0 Å². The highest BCUT2D eigenvalue weighted by Crippen LogP contribution is 2.26. The van der Waals surface area contributed by atoms with Crippen molar-refractivity contribution in [1.82, 2.24) is 10.6 Å². The van der Waals surface area contributed by atoms with Crippen molar-refractivity contribution in [2.75, 3.05) is 26.2 Å². The summed E-state index contributed by atoms with van der Waals surface area (Å²) in [5, 5.41) is 27.3. The summed E-state index contributed by atoms with van der Waals surface area (Å²) < 4.78 is 0. The molecule has 0 spiro atoms. The summed E-state index contributed by atoms with van der Waals surface area (Å²) >= 11 is 0. The second kappa shape index (κ2) is 13.9. The van der Waals surface area contributed by atoms with Gasteiger partial charge in [0.05, 0.1) is 12.2 Å². The average Bonchev–Trinajstić information content (AvgIpc) is 2.70. The van der Waals surface area contributed by atoms with Gasteiger partial charge in [0.1, 0.15) is 0 Å². The Bertz CT molecular complexity index is 296. The summed E-state index contributed by atoms with van der Waals surface area (Å²) in [4.78, 5) is 0. The van der Waals surface area contributed by atoms with Crippen LogP contribution in [0.25, 0.3) is 0 Å². The van der Waals surface area contributed by atoms with Gasteiger partial charge in [-0.2, -0.15) is 0 Å². The number of aliphatic hydroxyl groups excluding tert-OH is 2. The highest BCUT2D eigenvalue weighted by Gasteiger charge is 2.21. The maximum absolute atomic E-state index is 10.2. The number of unbranched alkanes of at least 4 members (excludes halogenated alkanes) is 3. The van der Waals surface area contributed by atoms with E-state index in [9.17, 15) is 10.2 Å². The van der Waals surface area contributed by atoms with Crippen LogP contribution < -0.4 is 10.6 Å². The van der Waals surface area contributed by atoms with E-state index in [1.807, 2.05) is 0 Å². The zero-order valence-electron chi connectivity index (χ0n) is 16.9. The van der Waals surface area contributed by atoms with Crippen LogP contribution in [0.3, 0.4) is 0 Å². The summed E-state index contributed by atoms with van der Waals surface area (Å²) in [7, 11) is 0. The van der Waals surface area contributed by atoms with Crippen LogP contribution in [-0.4, -0.2) is 48.6 Å². The van der Waals surface area contributed by atoms with Gasteiger partial charge in [-0.05, 0) is 63.5 Å². The van der Waals surface area contributed by atoms with Gasteiger partial charge >= 0.3 is 0 Å². The van der Waals surface area contributed by atoms with E-state index in [4.69, 9.17) is 0 Å². The van der Waals surface area contributed by atoms with Crippen LogP contribution in [0.4, 0.5) is 0 Å². The third-order valence-corrected chi connectivity index (χ3v) is 6.55. The number of hydrogen-bond donors (Lipinski definition) is 4. The van der Waals surface area contributed by atoms with Crippen molar-refractivity contribution in [2.24, 2.45) is 11.8 Å². The zero-order chi connectivity index (χ0) is 18.5. The molecule has 0 radical (unpaired) electrons. The Hall–Kier alpha value is -0.160. The molecule has 154 valence electrons. The van der Waals surface area contributed by atoms with Crippen LogP contribution >= 0.6 is 0 Å². The molecule has 26 heavy (non-hydrogen) atoms. The van der Waals surface area contributed by atoms with E-state index in [1.165, 1.54) is 89.9 Å². The molecule has 2 aliphatic rings. The first kappa shape index (κ1) is 22.1. The van der Waals surface area contributed by atoms with E-state index >= 15 is 0 Å². The van der Waals surface area contributed by atoms with Crippen molar-refractivity contribution in [3.05, 3.63) is 0 Å². The van der Waals surface area contributed by atoms with Crippen molar-refractivity contribution in [1.29, 1.82) is 0 Å². The molecule has 2 atom stereocenters. The molecular formula is C22H44N2O2. The molecule has 0 amide bonds. The molecule has 4 nitrogen and oxygen atoms in total. The lowest BCUT2D eigenvalue weighted by atomic mass is 9.85. The predicted molar refractivity (Wildman–Crippen MR) is 109 cm³/mol. The van der Waals surface area contributed by atoms with Gasteiger partial charge in [0.15, 0.2) is 0 Å². The van der Waals surface area contributed by atoms with Crippen LogP contribution in [0.5, 0.6) is 0 Å². The summed E-state index contributed by atoms with van der Waals surface area (Å²) in [6, 6.07) is 0. The number of hydrogen-bond acceptors (Lipinski definition) is 4. The second-order valence-electron chi connectivity index (χ2n) is 8.75. The van der Waals surface area contributed by atoms with E-state index in [1.54, 1.807) is 0 Å². The van der Waals surface area contributed by atoms with Crippen molar-refractivity contribution in [3.63, 3.8) is 0 Å². The molecule has 0 aromatic heterocycles. The van der Waals surface area contributed by atoms with E-state index < -0.39 is 0 Å². The van der Waals surface area contributed by atoms with Crippen LogP contribution in [0.15, 0.2) is 0 Å². The summed E-state index contributed by atoms with van der Waals surface area (Å²) in [5.74, 6) is 1.07. The van der Waals surface area contributed by atoms with Gasteiger partial charge in [0, 0.05) is 13.1 Å². The van der Waals surface area contributed by atoms with Gasteiger partial charge in [-0.1, -0.05) is 51.4 Å². The maximum Gasteiger partial charge on any atom is 0.0692 e. The number of rotatable bonds is 13. The average molecular weight is 369 g/mol. The smallest absolute Gasteiger partial charge is 0.0692 e. The summed E-state index contributed by atoms with van der Waals surface area (Å²) in [6.07, 6.45) is 17.4. The molecule has 2 fully saturated rings. The highest BCUT2D eigenvalue weighted by atomic mass is 16.3. The molecule has 0 aromatic rings. The van der Waals surface area contributed by atoms with E-state index in [-0.39, 0.29) is 12.2 Å². The molecule has 0 heterocycles. The second-order valence-corrected chi connectivity index (χ2v) is 8.75. The predicted octanol–water partition coefficient (Wildman–Crippen LogP) is 3.61. The maximum atomic E-state index is 10.2. The third kappa shape index (κ3) is 9.16. The molecule has 0 aliphatic heterocycles. The van der Waals surface area contributed by atoms with Crippen molar-refractivity contribution < 1.29 is 10.2 Å². The van der Waals surface area contributed by atoms with E-state index in [0.717, 1.165) is 26.2 Å². The Balaban J connectivity index is 1.33. The van der Waals surface area contributed by atoms with Gasteiger partial charge in [0.25, 0.3) is 0 Å². The summed E-state index contributed by atoms with van der Waals surface area (Å²) in [6.45, 7) is 3.59. The third-order valence-electron chi connectivity index (χ3n) is 6.55. The number of nitrogens with one attached hydrogen (secondary N) is 2. The Labute approximate surface area is 161 Å². The minimum Gasteiger partial charge on any atom is -0.392 e. The first-order valence-corrected chi connectivity index (χ1v) is 11.5. The molecule has 2 rings (SSSR count). The molecule has 2 aliphatic carbocycles. The molecule has 4 heteroatoms. The lowest BCUT2D eigenvalue weighted by Crippen LogP contribution is -2.34. The SMILES string of the molecule is OC(CNCCCCCCNCC(O)C1CCCCC1)C1CCCCC1. The molecule has 0 bridgehead atoms. The fourth-order valence-electron chi connectivity index (χ4n) is 4.72. The fourth-order valence-corrected chi connectivity index (χ4v) is 4.72. The molecule has 0 saturated heterocycles. The Kier molecular flexibility index (Phi) is 11.9. The normalized spacial score (nSPS) is 22.4. The van der Waals surface area contributed by atoms with Gasteiger partial charge < -0.3 is 20.8 Å². The van der Waals surface area contributed by atoms with Gasteiger partial charge in [0.2, 0.25) is 0 Å². The minimum absolute atomic E-state index is 0.143. The van der Waals surface area contributed by atoms with Crippen LogP contribution in [-0.2, 0) is 0 Å². The highest BCUT2D eigenvalue weighted by molar-refractivity contribution is 4.75. The van der Waals surface area contributed by atoms with Gasteiger partial charge in [-0.3, -0.25) is 0 Å². The molecule has 2 unspecified atom stereocenters. The first-order chi connectivity index (χ1) is 12.8. The topological polar surface area (TPSA) is 64.5 Å². The van der Waals surface area contributed by atoms with E-state index in [0.29, 0.717) is 11.8 Å². The van der Waals surface area contributed by atoms with Crippen LogP contribution in [0, 0.1) is 11.8 Å². The lowest BCUT2D eigenvalue weighted by molar-refractivity contribution is 0.0838. The molecule has 0 aromatic carbocycles. The van der Waals surface area contributed by atoms with E-state index in [2.05, 4.69) is 10.6 Å². The number of aliphatic hydroxyl groups is 2. The first-order valence-electron chi connectivity index (χ1n) is 11.5. The molecule has 2 saturated carbocycles. The Morgan fingerprint density at radius 3 is 1.35 bits per heavy atom. The monoisotopic (exact) mass is 368 g/mol. The fraction of sp³-hybridized carbons (Fsp3) is 1.00. The quantitative estimate of drug-likeness (QED) is 0.375. The minimum atomic E-state index is -0.143. The van der Waals surface area contributed by atoms with Gasteiger partial charge in [-0.15, -0.1) is 0 Å². The Morgan fingerprint density at radius 1 is 0.577 bits per heavy atom. The van der Waals surface area contributed by atoms with Gasteiger partial charge in [-0.25, -0.2) is 0 Å². The lowest BCUT2D eigenvalue weighted by Gasteiger charge is -2.26. The largest absolute Gasteiger partial charge is 0.392 e. The standard InChI is InChI=1S/C22H44N2O2/c25-21(19-11-5-3-6-12-19)17-23-15-9-1-2-10-16-24-18-22(26)20-13-7-4-8-14-20/h19-26H,1-18H2. The zero-order valence-corrected chi connectivity index (χ0v) is 16.9. The van der Waals surface area contributed by atoms with Crippen LogP contribution in [0.1, 0.15) is 89.9 Å². The van der Waals surface area contributed by atoms with Crippen LogP contribution in [0.2, 0.25) is 0 Å². The molecule has 4 N–H and O–H groups in total. The molecular weight excluding hydrogens is 324 g/mol.